The lowest BCUT2D eigenvalue weighted by Crippen LogP contribution is -2.27. The second kappa shape index (κ2) is 9.02. The molecule has 0 unspecified atom stereocenters. The fourth-order valence-corrected chi connectivity index (χ4v) is 5.06. The number of methoxy groups -OCH3 is 1. The number of hydrogen-bond donors (Lipinski definition) is 0. The summed E-state index contributed by atoms with van der Waals surface area (Å²) in [5.74, 6) is -1.46. The van der Waals surface area contributed by atoms with E-state index in [0.29, 0.717) is 21.5 Å². The predicted molar refractivity (Wildman–Crippen MR) is 124 cm³/mol. The summed E-state index contributed by atoms with van der Waals surface area (Å²) in [5, 5.41) is 10.0. The first kappa shape index (κ1) is 22.5. The molecule has 0 atom stereocenters. The molecule has 168 valence electrons. The molecule has 1 aromatic heterocycles. The Morgan fingerprint density at radius 2 is 1.76 bits per heavy atom. The number of carbonyl (C=O) groups is 2. The molecule has 1 aliphatic rings. The third-order valence-electron chi connectivity index (χ3n) is 5.43. The number of rotatable bonds is 6. The van der Waals surface area contributed by atoms with Gasteiger partial charge in [-0.1, -0.05) is 18.2 Å². The van der Waals surface area contributed by atoms with Gasteiger partial charge in [0.2, 0.25) is 5.78 Å². The number of ketones is 1. The average Bonchev–Trinajstić information content (AvgIpc) is 3.30. The number of hydrogen-bond acceptors (Lipinski definition) is 8. The maximum absolute atomic E-state index is 14.4. The quantitative estimate of drug-likeness (QED) is 0.306. The Kier molecular flexibility index (Phi) is 6.14. The number of benzene rings is 2. The molecule has 0 N–H and O–H groups in total. The van der Waals surface area contributed by atoms with Crippen LogP contribution >= 0.6 is 11.3 Å². The Morgan fingerprint density at radius 1 is 1.09 bits per heavy atom. The number of carbonyl (C=O) groups excluding carboxylic acids is 2. The van der Waals surface area contributed by atoms with Gasteiger partial charge in [0, 0.05) is 36.9 Å². The van der Waals surface area contributed by atoms with Gasteiger partial charge in [0.25, 0.3) is 0 Å². The SMILES string of the molecule is COCc1c(C(=O)OCC(=O)C(C#N)=C2N(C)c3ccccc3N2C)sc2cccc(F)c12. The number of thiophene rings is 1. The molecule has 0 amide bonds. The Morgan fingerprint density at radius 3 is 2.36 bits per heavy atom. The van der Waals surface area contributed by atoms with E-state index < -0.39 is 24.2 Å². The van der Waals surface area contributed by atoms with Gasteiger partial charge in [0.05, 0.1) is 18.0 Å². The standard InChI is InChI=1S/C24H20FN3O4S/c1-27-17-8-4-5-9-18(17)28(2)23(27)14(11-26)19(29)13-32-24(30)22-15(12-31-3)21-16(25)7-6-10-20(21)33-22/h4-10H,12-13H2,1-3H3. The van der Waals surface area contributed by atoms with Gasteiger partial charge in [-0.3, -0.25) is 4.79 Å². The molecule has 1 aliphatic heterocycles. The van der Waals surface area contributed by atoms with Crippen molar-refractivity contribution in [3.63, 3.8) is 0 Å². The highest BCUT2D eigenvalue weighted by molar-refractivity contribution is 7.21. The summed E-state index contributed by atoms with van der Waals surface area (Å²) in [6, 6.07) is 14.0. The molecule has 2 aromatic carbocycles. The first-order valence-electron chi connectivity index (χ1n) is 9.99. The lowest BCUT2D eigenvalue weighted by molar-refractivity contribution is -0.118. The normalized spacial score (nSPS) is 12.6. The van der Waals surface area contributed by atoms with Crippen molar-refractivity contribution in [2.75, 3.05) is 37.6 Å². The molecule has 0 spiro atoms. The molecule has 2 heterocycles. The van der Waals surface area contributed by atoms with Crippen LogP contribution in [0.1, 0.15) is 15.2 Å². The van der Waals surface area contributed by atoms with E-state index in [0.717, 1.165) is 22.7 Å². The second-order valence-electron chi connectivity index (χ2n) is 7.37. The fraction of sp³-hybridized carbons (Fsp3) is 0.208. The first-order chi connectivity index (χ1) is 15.9. The summed E-state index contributed by atoms with van der Waals surface area (Å²) in [5.41, 5.74) is 1.95. The van der Waals surface area contributed by atoms with Gasteiger partial charge in [0.1, 0.15) is 28.2 Å². The second-order valence-corrected chi connectivity index (χ2v) is 8.42. The molecular weight excluding hydrogens is 445 g/mol. The lowest BCUT2D eigenvalue weighted by Gasteiger charge is -2.19. The maximum Gasteiger partial charge on any atom is 0.349 e. The zero-order valence-electron chi connectivity index (χ0n) is 18.2. The van der Waals surface area contributed by atoms with Crippen molar-refractivity contribution in [2.45, 2.75) is 6.61 Å². The monoisotopic (exact) mass is 465 g/mol. The molecule has 0 radical (unpaired) electrons. The summed E-state index contributed by atoms with van der Waals surface area (Å²) >= 11 is 1.07. The van der Waals surface area contributed by atoms with Crippen LogP contribution in [-0.4, -0.2) is 39.6 Å². The van der Waals surface area contributed by atoms with Gasteiger partial charge >= 0.3 is 5.97 Å². The number of fused-ring (bicyclic) bond motifs is 2. The Bertz CT molecular complexity index is 1310. The zero-order chi connectivity index (χ0) is 23.7. The minimum absolute atomic E-state index is 0.0145. The number of ether oxygens (including phenoxy) is 2. The third kappa shape index (κ3) is 3.84. The van der Waals surface area contributed by atoms with Crippen LogP contribution in [-0.2, 0) is 20.9 Å². The largest absolute Gasteiger partial charge is 0.453 e. The Hall–Kier alpha value is -3.74. The summed E-state index contributed by atoms with van der Waals surface area (Å²) in [4.78, 5) is 29.4. The van der Waals surface area contributed by atoms with Crippen molar-refractivity contribution >= 4 is 44.6 Å². The van der Waals surface area contributed by atoms with Crippen LogP contribution in [0, 0.1) is 17.1 Å². The van der Waals surface area contributed by atoms with E-state index in [4.69, 9.17) is 9.47 Å². The van der Waals surface area contributed by atoms with Crippen LogP contribution in [0.3, 0.4) is 0 Å². The maximum atomic E-state index is 14.4. The molecule has 0 aliphatic carbocycles. The number of nitriles is 1. The average molecular weight is 466 g/mol. The number of halogens is 1. The van der Waals surface area contributed by atoms with Crippen molar-refractivity contribution in [3.8, 4) is 6.07 Å². The molecular formula is C24H20FN3O4S. The molecule has 33 heavy (non-hydrogen) atoms. The van der Waals surface area contributed by atoms with E-state index in [1.807, 2.05) is 30.3 Å². The molecule has 9 heteroatoms. The molecule has 0 saturated heterocycles. The summed E-state index contributed by atoms with van der Waals surface area (Å²) < 4.78 is 25.3. The fourth-order valence-electron chi connectivity index (χ4n) is 3.94. The topological polar surface area (TPSA) is 82.9 Å². The van der Waals surface area contributed by atoms with E-state index in [1.54, 1.807) is 36.0 Å². The van der Waals surface area contributed by atoms with Gasteiger partial charge in [0.15, 0.2) is 6.61 Å². The van der Waals surface area contributed by atoms with E-state index in [2.05, 4.69) is 0 Å². The smallest absolute Gasteiger partial charge is 0.349 e. The third-order valence-corrected chi connectivity index (χ3v) is 6.60. The van der Waals surface area contributed by atoms with Gasteiger partial charge in [-0.2, -0.15) is 5.26 Å². The minimum atomic E-state index is -0.769. The van der Waals surface area contributed by atoms with Crippen LogP contribution in [0.15, 0.2) is 53.9 Å². The molecule has 0 bridgehead atoms. The van der Waals surface area contributed by atoms with Crippen molar-refractivity contribution in [3.05, 3.63) is 70.1 Å². The van der Waals surface area contributed by atoms with Crippen LogP contribution < -0.4 is 9.80 Å². The molecule has 0 fully saturated rings. The first-order valence-corrected chi connectivity index (χ1v) is 10.8. The van der Waals surface area contributed by atoms with Crippen molar-refractivity contribution in [1.82, 2.24) is 0 Å². The number of esters is 1. The lowest BCUT2D eigenvalue weighted by atomic mass is 10.1. The summed E-state index contributed by atoms with van der Waals surface area (Å²) in [6.07, 6.45) is 0. The van der Waals surface area contributed by atoms with Crippen LogP contribution in [0.25, 0.3) is 10.1 Å². The number of Topliss-reactive ketones (excluding diaryl/α,β-unsaturated/α-hetero) is 1. The zero-order valence-corrected chi connectivity index (χ0v) is 19.0. The number of nitrogens with zero attached hydrogens (tertiary/aromatic N) is 3. The molecule has 7 nitrogen and oxygen atoms in total. The Balaban J connectivity index is 1.59. The van der Waals surface area contributed by atoms with Gasteiger partial charge in [-0.05, 0) is 24.3 Å². The van der Waals surface area contributed by atoms with Gasteiger partial charge < -0.3 is 19.3 Å². The molecule has 3 aromatic rings. The van der Waals surface area contributed by atoms with E-state index in [1.165, 1.54) is 13.2 Å². The van der Waals surface area contributed by atoms with Crippen LogP contribution in [0.4, 0.5) is 15.8 Å². The Labute approximate surface area is 193 Å². The predicted octanol–water partition coefficient (Wildman–Crippen LogP) is 4.23. The minimum Gasteiger partial charge on any atom is -0.453 e. The van der Waals surface area contributed by atoms with Crippen LogP contribution in [0.2, 0.25) is 0 Å². The van der Waals surface area contributed by atoms with Crippen molar-refractivity contribution in [2.24, 2.45) is 0 Å². The summed E-state index contributed by atoms with van der Waals surface area (Å²) in [6.45, 7) is -0.604. The van der Waals surface area contributed by atoms with E-state index >= 15 is 0 Å². The van der Waals surface area contributed by atoms with Crippen molar-refractivity contribution in [1.29, 1.82) is 5.26 Å². The van der Waals surface area contributed by atoms with E-state index in [9.17, 15) is 19.2 Å². The molecule has 0 saturated carbocycles. The van der Waals surface area contributed by atoms with Gasteiger partial charge in [-0.25, -0.2) is 9.18 Å². The van der Waals surface area contributed by atoms with E-state index in [-0.39, 0.29) is 17.1 Å². The summed E-state index contributed by atoms with van der Waals surface area (Å²) in [7, 11) is 4.97. The number of para-hydroxylation sites is 2. The number of anilines is 2. The highest BCUT2D eigenvalue weighted by atomic mass is 32.1. The molecule has 4 rings (SSSR count). The van der Waals surface area contributed by atoms with Gasteiger partial charge in [-0.15, -0.1) is 11.3 Å². The van der Waals surface area contributed by atoms with Crippen LogP contribution in [0.5, 0.6) is 0 Å². The highest BCUT2D eigenvalue weighted by Gasteiger charge is 2.32. The van der Waals surface area contributed by atoms with Crippen molar-refractivity contribution < 1.29 is 23.5 Å². The highest BCUT2D eigenvalue weighted by Crippen LogP contribution is 2.40.